The molecule has 4 N–H and O–H groups in total. The van der Waals surface area contributed by atoms with Gasteiger partial charge in [-0.15, -0.1) is 0 Å². The Balaban J connectivity index is 1.95. The molecule has 0 saturated heterocycles. The lowest BCUT2D eigenvalue weighted by atomic mass is 10.3. The second-order valence-electron chi connectivity index (χ2n) is 3.68. The van der Waals surface area contributed by atoms with E-state index < -0.39 is 0 Å². The van der Waals surface area contributed by atoms with Crippen LogP contribution in [0.3, 0.4) is 0 Å². The van der Waals surface area contributed by atoms with E-state index in [4.69, 9.17) is 5.73 Å². The highest BCUT2D eigenvalue weighted by Crippen LogP contribution is 2.20. The maximum Gasteiger partial charge on any atom is 0.147 e. The van der Waals surface area contributed by atoms with Gasteiger partial charge in [0.05, 0.1) is 11.4 Å². The second-order valence-corrected chi connectivity index (χ2v) is 3.68. The molecule has 0 bridgehead atoms. The van der Waals surface area contributed by atoms with Gasteiger partial charge in [-0.25, -0.2) is 4.98 Å². The van der Waals surface area contributed by atoms with E-state index >= 15 is 0 Å². The standard InChI is InChI=1S/C10H16N6/c1-7-9(11)10(16(2)15-7)14-4-3-8-12-5-6-13-8/h5-6,14H,3-4,11H2,1-2H3,(H,12,13). The van der Waals surface area contributed by atoms with Crippen LogP contribution in [0.1, 0.15) is 11.5 Å². The Morgan fingerprint density at radius 1 is 1.56 bits per heavy atom. The van der Waals surface area contributed by atoms with Gasteiger partial charge in [0.2, 0.25) is 0 Å². The Kier molecular flexibility index (Phi) is 2.80. The number of aryl methyl sites for hydroxylation is 2. The molecule has 0 aliphatic heterocycles. The van der Waals surface area contributed by atoms with Crippen LogP contribution in [-0.2, 0) is 13.5 Å². The second kappa shape index (κ2) is 4.26. The Hall–Kier alpha value is -1.98. The van der Waals surface area contributed by atoms with Crippen LogP contribution < -0.4 is 11.1 Å². The number of rotatable bonds is 4. The molecule has 0 saturated carbocycles. The van der Waals surface area contributed by atoms with Crippen molar-refractivity contribution < 1.29 is 0 Å². The van der Waals surface area contributed by atoms with Crippen molar-refractivity contribution in [2.75, 3.05) is 17.6 Å². The van der Waals surface area contributed by atoms with Gasteiger partial charge in [0, 0.05) is 32.4 Å². The summed E-state index contributed by atoms with van der Waals surface area (Å²) in [5.41, 5.74) is 7.45. The fourth-order valence-corrected chi connectivity index (χ4v) is 1.62. The Bertz CT molecular complexity index is 456. The molecule has 0 aromatic carbocycles. The number of anilines is 2. The molecule has 2 aromatic heterocycles. The lowest BCUT2D eigenvalue weighted by Crippen LogP contribution is -2.10. The average molecular weight is 220 g/mol. The number of imidazole rings is 1. The minimum atomic E-state index is 0.710. The molecule has 0 radical (unpaired) electrons. The highest BCUT2D eigenvalue weighted by Gasteiger charge is 2.08. The van der Waals surface area contributed by atoms with Crippen LogP contribution in [0.4, 0.5) is 11.5 Å². The molecular formula is C10H16N6. The van der Waals surface area contributed by atoms with Crippen molar-refractivity contribution in [2.24, 2.45) is 7.05 Å². The minimum Gasteiger partial charge on any atom is -0.394 e. The van der Waals surface area contributed by atoms with E-state index in [2.05, 4.69) is 20.4 Å². The number of nitrogen functional groups attached to an aromatic ring is 1. The summed E-state index contributed by atoms with van der Waals surface area (Å²) in [6.45, 7) is 2.67. The quantitative estimate of drug-likeness (QED) is 0.707. The predicted molar refractivity (Wildman–Crippen MR) is 63.1 cm³/mol. The van der Waals surface area contributed by atoms with Crippen molar-refractivity contribution in [1.29, 1.82) is 0 Å². The minimum absolute atomic E-state index is 0.710. The molecule has 0 fully saturated rings. The van der Waals surface area contributed by atoms with Gasteiger partial charge < -0.3 is 16.0 Å². The van der Waals surface area contributed by atoms with E-state index in [1.807, 2.05) is 20.2 Å². The van der Waals surface area contributed by atoms with E-state index in [1.54, 1.807) is 10.9 Å². The van der Waals surface area contributed by atoms with Crippen LogP contribution >= 0.6 is 0 Å². The summed E-state index contributed by atoms with van der Waals surface area (Å²) < 4.78 is 1.76. The predicted octanol–water partition coefficient (Wildman–Crippen LogP) is 0.688. The molecule has 0 spiro atoms. The van der Waals surface area contributed by atoms with E-state index in [-0.39, 0.29) is 0 Å². The van der Waals surface area contributed by atoms with Gasteiger partial charge in [-0.3, -0.25) is 4.68 Å². The van der Waals surface area contributed by atoms with Crippen LogP contribution in [0, 0.1) is 6.92 Å². The smallest absolute Gasteiger partial charge is 0.147 e. The van der Waals surface area contributed by atoms with Crippen molar-refractivity contribution >= 4 is 11.5 Å². The first-order chi connectivity index (χ1) is 7.68. The van der Waals surface area contributed by atoms with Crippen molar-refractivity contribution in [3.63, 3.8) is 0 Å². The highest BCUT2D eigenvalue weighted by molar-refractivity contribution is 5.64. The van der Waals surface area contributed by atoms with Crippen LogP contribution in [0.2, 0.25) is 0 Å². The number of nitrogens with two attached hydrogens (primary N) is 1. The van der Waals surface area contributed by atoms with Gasteiger partial charge >= 0.3 is 0 Å². The number of nitrogens with zero attached hydrogens (tertiary/aromatic N) is 3. The highest BCUT2D eigenvalue weighted by atomic mass is 15.3. The maximum atomic E-state index is 5.89. The van der Waals surface area contributed by atoms with Crippen molar-refractivity contribution in [3.05, 3.63) is 23.9 Å². The molecule has 0 amide bonds. The van der Waals surface area contributed by atoms with Gasteiger partial charge in [0.15, 0.2) is 0 Å². The maximum absolute atomic E-state index is 5.89. The fourth-order valence-electron chi connectivity index (χ4n) is 1.62. The molecule has 6 heteroatoms. The number of hydrogen-bond acceptors (Lipinski definition) is 4. The normalized spacial score (nSPS) is 10.6. The number of H-pyrrole nitrogens is 1. The zero-order chi connectivity index (χ0) is 11.5. The monoisotopic (exact) mass is 220 g/mol. The molecule has 6 nitrogen and oxygen atoms in total. The third-order valence-corrected chi connectivity index (χ3v) is 2.48. The molecule has 86 valence electrons. The Morgan fingerprint density at radius 2 is 2.38 bits per heavy atom. The van der Waals surface area contributed by atoms with Crippen LogP contribution in [0.25, 0.3) is 0 Å². The largest absolute Gasteiger partial charge is 0.394 e. The van der Waals surface area contributed by atoms with Gasteiger partial charge in [0.25, 0.3) is 0 Å². The summed E-state index contributed by atoms with van der Waals surface area (Å²) >= 11 is 0. The van der Waals surface area contributed by atoms with E-state index in [1.165, 1.54) is 0 Å². The van der Waals surface area contributed by atoms with Gasteiger partial charge in [-0.1, -0.05) is 0 Å². The van der Waals surface area contributed by atoms with Gasteiger partial charge in [0.1, 0.15) is 11.6 Å². The first-order valence-corrected chi connectivity index (χ1v) is 5.19. The van der Waals surface area contributed by atoms with Crippen molar-refractivity contribution in [3.8, 4) is 0 Å². The number of aromatic nitrogens is 4. The SMILES string of the molecule is Cc1nn(C)c(NCCc2ncc[nH]2)c1N. The Morgan fingerprint density at radius 3 is 2.94 bits per heavy atom. The van der Waals surface area contributed by atoms with E-state index in [0.717, 1.165) is 30.3 Å². The summed E-state index contributed by atoms with van der Waals surface area (Å²) in [5, 5.41) is 7.49. The van der Waals surface area contributed by atoms with Crippen LogP contribution in [0.5, 0.6) is 0 Å². The Labute approximate surface area is 93.9 Å². The molecule has 2 heterocycles. The van der Waals surface area contributed by atoms with Gasteiger partial charge in [-0.05, 0) is 6.92 Å². The number of nitrogens with one attached hydrogen (secondary N) is 2. The van der Waals surface area contributed by atoms with Gasteiger partial charge in [-0.2, -0.15) is 5.10 Å². The number of hydrogen-bond donors (Lipinski definition) is 3. The summed E-state index contributed by atoms with van der Waals surface area (Å²) in [7, 11) is 1.87. The molecular weight excluding hydrogens is 204 g/mol. The molecule has 0 atom stereocenters. The third kappa shape index (κ3) is 2.00. The molecule has 2 aromatic rings. The van der Waals surface area contributed by atoms with E-state index in [9.17, 15) is 0 Å². The van der Waals surface area contributed by atoms with E-state index in [0.29, 0.717) is 5.69 Å². The zero-order valence-electron chi connectivity index (χ0n) is 9.49. The zero-order valence-corrected chi connectivity index (χ0v) is 9.49. The first kappa shape index (κ1) is 10.5. The van der Waals surface area contributed by atoms with Crippen LogP contribution in [-0.4, -0.2) is 26.3 Å². The third-order valence-electron chi connectivity index (χ3n) is 2.48. The molecule has 16 heavy (non-hydrogen) atoms. The summed E-state index contributed by atoms with van der Waals surface area (Å²) in [5.74, 6) is 1.83. The topological polar surface area (TPSA) is 84.5 Å². The fraction of sp³-hybridized carbons (Fsp3) is 0.400. The average Bonchev–Trinajstić information content (AvgIpc) is 2.82. The molecule has 0 aliphatic carbocycles. The first-order valence-electron chi connectivity index (χ1n) is 5.19. The molecule has 2 rings (SSSR count). The molecule has 0 aliphatic rings. The summed E-state index contributed by atoms with van der Waals surface area (Å²) in [6, 6.07) is 0. The lowest BCUT2D eigenvalue weighted by Gasteiger charge is -2.06. The van der Waals surface area contributed by atoms with Crippen molar-refractivity contribution in [1.82, 2.24) is 19.7 Å². The molecule has 0 unspecified atom stereocenters. The summed E-state index contributed by atoms with van der Waals surface area (Å²) in [4.78, 5) is 7.20. The lowest BCUT2D eigenvalue weighted by molar-refractivity contribution is 0.755. The van der Waals surface area contributed by atoms with Crippen molar-refractivity contribution in [2.45, 2.75) is 13.3 Å². The van der Waals surface area contributed by atoms with Crippen LogP contribution in [0.15, 0.2) is 12.4 Å². The summed E-state index contributed by atoms with van der Waals surface area (Å²) in [6.07, 6.45) is 4.40. The number of aromatic amines is 1.